The number of hydrogen-bond acceptors (Lipinski definition) is 4. The molecule has 1 aromatic heterocycles. The fourth-order valence-corrected chi connectivity index (χ4v) is 2.22. The van der Waals surface area contributed by atoms with E-state index in [1.54, 1.807) is 12.3 Å². The molecule has 0 unspecified atom stereocenters. The van der Waals surface area contributed by atoms with Crippen LogP contribution in [0.25, 0.3) is 11.1 Å². The summed E-state index contributed by atoms with van der Waals surface area (Å²) < 4.78 is 0. The third-order valence-electron chi connectivity index (χ3n) is 3.43. The number of nitro benzene ring substituents is 1. The summed E-state index contributed by atoms with van der Waals surface area (Å²) in [4.78, 5) is 26.6. The lowest BCUT2D eigenvalue weighted by Gasteiger charge is -2.06. The first-order valence-corrected chi connectivity index (χ1v) is 7.21. The molecule has 118 valence electrons. The largest absolute Gasteiger partial charge is 0.307 e. The number of amides is 1. The van der Waals surface area contributed by atoms with Gasteiger partial charge in [-0.3, -0.25) is 14.9 Å². The minimum Gasteiger partial charge on any atom is -0.307 e. The van der Waals surface area contributed by atoms with Gasteiger partial charge in [-0.15, -0.1) is 0 Å². The van der Waals surface area contributed by atoms with Gasteiger partial charge in [0.25, 0.3) is 11.6 Å². The van der Waals surface area contributed by atoms with Crippen molar-refractivity contribution in [2.75, 3.05) is 5.32 Å². The highest BCUT2D eigenvalue weighted by molar-refractivity contribution is 6.04. The third-order valence-corrected chi connectivity index (χ3v) is 3.43. The second-order valence-corrected chi connectivity index (χ2v) is 5.06. The maximum absolute atomic E-state index is 12.2. The van der Waals surface area contributed by atoms with E-state index in [4.69, 9.17) is 0 Å². The number of nitrogens with zero attached hydrogens (tertiary/aromatic N) is 2. The van der Waals surface area contributed by atoms with Gasteiger partial charge in [-0.25, -0.2) is 4.98 Å². The predicted octanol–water partition coefficient (Wildman–Crippen LogP) is 3.91. The summed E-state index contributed by atoms with van der Waals surface area (Å²) in [5.41, 5.74) is 2.04. The van der Waals surface area contributed by atoms with Gasteiger partial charge in [0.2, 0.25) is 0 Å². The highest BCUT2D eigenvalue weighted by atomic mass is 16.6. The smallest absolute Gasteiger partial charge is 0.270 e. The number of carbonyl (C=O) groups excluding carboxylic acids is 1. The summed E-state index contributed by atoms with van der Waals surface area (Å²) in [6, 6.07) is 18.8. The molecule has 0 spiro atoms. The van der Waals surface area contributed by atoms with Crippen molar-refractivity contribution in [1.29, 1.82) is 0 Å². The second-order valence-electron chi connectivity index (χ2n) is 5.06. The molecular formula is C18H13N3O3. The van der Waals surface area contributed by atoms with Crippen LogP contribution in [0.1, 0.15) is 10.4 Å². The lowest BCUT2D eigenvalue weighted by Crippen LogP contribution is -2.13. The van der Waals surface area contributed by atoms with E-state index in [0.29, 0.717) is 5.82 Å². The van der Waals surface area contributed by atoms with Crippen LogP contribution in [0.2, 0.25) is 0 Å². The Kier molecular flexibility index (Phi) is 4.29. The summed E-state index contributed by atoms with van der Waals surface area (Å²) >= 11 is 0. The molecule has 3 rings (SSSR count). The van der Waals surface area contributed by atoms with Crippen LogP contribution in [0, 0.1) is 10.1 Å². The first-order valence-electron chi connectivity index (χ1n) is 7.21. The molecule has 1 heterocycles. The van der Waals surface area contributed by atoms with Crippen LogP contribution < -0.4 is 5.32 Å². The molecule has 0 radical (unpaired) electrons. The van der Waals surface area contributed by atoms with Crippen molar-refractivity contribution < 1.29 is 9.72 Å². The number of nitrogens with one attached hydrogen (secondary N) is 1. The fourth-order valence-electron chi connectivity index (χ4n) is 2.22. The predicted molar refractivity (Wildman–Crippen MR) is 90.7 cm³/mol. The molecule has 0 fully saturated rings. The Morgan fingerprint density at radius 2 is 1.75 bits per heavy atom. The molecule has 0 aliphatic heterocycles. The average Bonchev–Trinajstić information content (AvgIpc) is 2.63. The number of nitro groups is 1. The lowest BCUT2D eigenvalue weighted by atomic mass is 10.1. The maximum Gasteiger partial charge on any atom is 0.270 e. The molecule has 6 nitrogen and oxygen atoms in total. The van der Waals surface area contributed by atoms with Crippen molar-refractivity contribution in [2.45, 2.75) is 0 Å². The van der Waals surface area contributed by atoms with E-state index >= 15 is 0 Å². The maximum atomic E-state index is 12.2. The van der Waals surface area contributed by atoms with Crippen molar-refractivity contribution in [2.24, 2.45) is 0 Å². The topological polar surface area (TPSA) is 85.1 Å². The minimum atomic E-state index is -0.538. The van der Waals surface area contributed by atoms with E-state index in [1.807, 2.05) is 36.4 Å². The van der Waals surface area contributed by atoms with E-state index in [1.165, 1.54) is 24.3 Å². The van der Waals surface area contributed by atoms with E-state index < -0.39 is 10.8 Å². The molecule has 6 heteroatoms. The summed E-state index contributed by atoms with van der Waals surface area (Å²) in [5.74, 6) is -0.0650. The highest BCUT2D eigenvalue weighted by Crippen LogP contribution is 2.19. The zero-order valence-electron chi connectivity index (χ0n) is 12.5. The Labute approximate surface area is 137 Å². The quantitative estimate of drug-likeness (QED) is 0.583. The van der Waals surface area contributed by atoms with Crippen LogP contribution in [-0.2, 0) is 0 Å². The molecular weight excluding hydrogens is 306 g/mol. The Bertz CT molecular complexity index is 878. The van der Waals surface area contributed by atoms with E-state index in [2.05, 4.69) is 10.3 Å². The van der Waals surface area contributed by atoms with Crippen LogP contribution in [0.3, 0.4) is 0 Å². The van der Waals surface area contributed by atoms with Gasteiger partial charge in [0, 0.05) is 29.5 Å². The molecule has 3 aromatic rings. The minimum absolute atomic E-state index is 0.130. The Morgan fingerprint density at radius 3 is 2.42 bits per heavy atom. The molecule has 0 aliphatic carbocycles. The van der Waals surface area contributed by atoms with Crippen molar-refractivity contribution in [3.05, 3.63) is 88.6 Å². The van der Waals surface area contributed by atoms with Gasteiger partial charge >= 0.3 is 0 Å². The number of anilines is 1. The number of pyridine rings is 1. The van der Waals surface area contributed by atoms with Crippen LogP contribution in [0.4, 0.5) is 11.5 Å². The number of aromatic nitrogens is 1. The highest BCUT2D eigenvalue weighted by Gasteiger charge is 2.12. The van der Waals surface area contributed by atoms with Crippen molar-refractivity contribution in [1.82, 2.24) is 4.98 Å². The second kappa shape index (κ2) is 6.70. The summed E-state index contributed by atoms with van der Waals surface area (Å²) in [7, 11) is 0. The van der Waals surface area contributed by atoms with E-state index in [-0.39, 0.29) is 11.3 Å². The van der Waals surface area contributed by atoms with Crippen molar-refractivity contribution in [3.63, 3.8) is 0 Å². The van der Waals surface area contributed by atoms with E-state index in [9.17, 15) is 14.9 Å². The van der Waals surface area contributed by atoms with Gasteiger partial charge in [0.15, 0.2) is 0 Å². The van der Waals surface area contributed by atoms with Crippen molar-refractivity contribution >= 4 is 17.4 Å². The van der Waals surface area contributed by atoms with Crippen LogP contribution in [0.15, 0.2) is 72.9 Å². The summed E-state index contributed by atoms with van der Waals surface area (Å²) in [5, 5.41) is 13.4. The number of benzene rings is 2. The van der Waals surface area contributed by atoms with Gasteiger partial charge in [0.1, 0.15) is 5.82 Å². The Hall–Kier alpha value is -3.54. The van der Waals surface area contributed by atoms with Gasteiger partial charge in [0.05, 0.1) is 4.92 Å². The standard InChI is InChI=1S/C18H13N3O3/c22-18(14-7-4-8-16(11-14)21(23)24)20-17-10-9-15(12-19-17)13-5-2-1-3-6-13/h1-12H,(H,19,20,22). The van der Waals surface area contributed by atoms with Gasteiger partial charge in [-0.05, 0) is 23.8 Å². The van der Waals surface area contributed by atoms with Crippen LogP contribution in [-0.4, -0.2) is 15.8 Å². The van der Waals surface area contributed by atoms with E-state index in [0.717, 1.165) is 11.1 Å². The first kappa shape index (κ1) is 15.4. The molecule has 1 N–H and O–H groups in total. The molecule has 1 amide bonds. The van der Waals surface area contributed by atoms with Crippen LogP contribution in [0.5, 0.6) is 0 Å². The molecule has 0 atom stereocenters. The van der Waals surface area contributed by atoms with Crippen molar-refractivity contribution in [3.8, 4) is 11.1 Å². The first-order chi connectivity index (χ1) is 11.6. The van der Waals surface area contributed by atoms with Gasteiger partial charge in [-0.1, -0.05) is 36.4 Å². The zero-order valence-corrected chi connectivity index (χ0v) is 12.5. The molecule has 0 aliphatic rings. The monoisotopic (exact) mass is 319 g/mol. The normalized spacial score (nSPS) is 10.2. The summed E-state index contributed by atoms with van der Waals surface area (Å²) in [6.45, 7) is 0. The number of rotatable bonds is 4. The molecule has 0 bridgehead atoms. The van der Waals surface area contributed by atoms with Gasteiger partial charge < -0.3 is 5.32 Å². The molecule has 2 aromatic carbocycles. The summed E-state index contributed by atoms with van der Waals surface area (Å²) in [6.07, 6.45) is 1.67. The fraction of sp³-hybridized carbons (Fsp3) is 0. The average molecular weight is 319 g/mol. The van der Waals surface area contributed by atoms with Crippen LogP contribution >= 0.6 is 0 Å². The molecule has 0 saturated carbocycles. The number of hydrogen-bond donors (Lipinski definition) is 1. The SMILES string of the molecule is O=C(Nc1ccc(-c2ccccc2)cn1)c1cccc([N+](=O)[O-])c1. The number of non-ortho nitro benzene ring substituents is 1. The zero-order chi connectivity index (χ0) is 16.9. The number of carbonyl (C=O) groups is 1. The lowest BCUT2D eigenvalue weighted by molar-refractivity contribution is -0.384. The Balaban J connectivity index is 1.75. The Morgan fingerprint density at radius 1 is 0.958 bits per heavy atom. The molecule has 24 heavy (non-hydrogen) atoms. The third kappa shape index (κ3) is 3.44. The molecule has 0 saturated heterocycles. The van der Waals surface area contributed by atoms with Gasteiger partial charge in [-0.2, -0.15) is 0 Å².